The van der Waals surface area contributed by atoms with Crippen LogP contribution in [0.5, 0.6) is 0 Å². The van der Waals surface area contributed by atoms with E-state index in [1.165, 1.54) is 0 Å². The lowest BCUT2D eigenvalue weighted by Crippen LogP contribution is -2.07. The summed E-state index contributed by atoms with van der Waals surface area (Å²) >= 11 is 0. The SMILES string of the molecule is CC(C)(C)CCC(=O)O.O=C(O)c1ccccc1. The molecule has 0 fully saturated rings. The standard InChI is InChI=1S/C7H6O2.C7H14O2/c8-7(9)6-4-2-1-3-5-6;1-7(2,3)5-4-6(8)9/h1-5H,(H,8,9);4-5H2,1-3H3,(H,8,9). The molecule has 18 heavy (non-hydrogen) atoms. The molecule has 0 unspecified atom stereocenters. The van der Waals surface area contributed by atoms with E-state index in [2.05, 4.69) is 0 Å². The Morgan fingerprint density at radius 1 is 1.06 bits per heavy atom. The molecule has 1 aromatic carbocycles. The maximum absolute atomic E-state index is 10.2. The van der Waals surface area contributed by atoms with E-state index in [9.17, 15) is 9.59 Å². The van der Waals surface area contributed by atoms with Crippen LogP contribution in [-0.2, 0) is 4.79 Å². The highest BCUT2D eigenvalue weighted by Gasteiger charge is 2.11. The van der Waals surface area contributed by atoms with Crippen molar-refractivity contribution in [3.05, 3.63) is 35.9 Å². The Hall–Kier alpha value is -1.84. The van der Waals surface area contributed by atoms with Crippen molar-refractivity contribution in [1.82, 2.24) is 0 Å². The maximum atomic E-state index is 10.2. The third kappa shape index (κ3) is 9.39. The Balaban J connectivity index is 0.000000321. The van der Waals surface area contributed by atoms with E-state index >= 15 is 0 Å². The first-order chi connectivity index (χ1) is 8.22. The number of hydrogen-bond donors (Lipinski definition) is 2. The minimum Gasteiger partial charge on any atom is -0.481 e. The molecule has 0 aliphatic carbocycles. The summed E-state index contributed by atoms with van der Waals surface area (Å²) in [6.07, 6.45) is 1.03. The van der Waals surface area contributed by atoms with Gasteiger partial charge in [0.15, 0.2) is 0 Å². The topological polar surface area (TPSA) is 74.6 Å². The zero-order chi connectivity index (χ0) is 14.2. The van der Waals surface area contributed by atoms with E-state index in [0.29, 0.717) is 5.56 Å². The fourth-order valence-electron chi connectivity index (χ4n) is 1.06. The van der Waals surface area contributed by atoms with E-state index in [1.807, 2.05) is 20.8 Å². The van der Waals surface area contributed by atoms with Gasteiger partial charge >= 0.3 is 11.9 Å². The van der Waals surface area contributed by atoms with Crippen LogP contribution in [0, 0.1) is 5.41 Å². The molecular formula is C14H20O4. The number of aromatic carboxylic acids is 1. The quantitative estimate of drug-likeness (QED) is 0.865. The van der Waals surface area contributed by atoms with E-state index in [4.69, 9.17) is 10.2 Å². The summed E-state index contributed by atoms with van der Waals surface area (Å²) in [5.74, 6) is -1.58. The molecule has 2 N–H and O–H groups in total. The van der Waals surface area contributed by atoms with Crippen LogP contribution in [0.15, 0.2) is 30.3 Å². The molecule has 0 bridgehead atoms. The fourth-order valence-corrected chi connectivity index (χ4v) is 1.06. The van der Waals surface area contributed by atoms with Gasteiger partial charge in [0.2, 0.25) is 0 Å². The molecule has 0 aliphatic rings. The van der Waals surface area contributed by atoms with Crippen molar-refractivity contribution in [2.24, 2.45) is 5.41 Å². The lowest BCUT2D eigenvalue weighted by Gasteiger charge is -2.15. The van der Waals surface area contributed by atoms with Crippen molar-refractivity contribution in [1.29, 1.82) is 0 Å². The molecule has 0 amide bonds. The first kappa shape index (κ1) is 16.2. The number of carboxylic acid groups (broad SMARTS) is 2. The number of carboxylic acids is 2. The van der Waals surface area contributed by atoms with Crippen LogP contribution in [0.2, 0.25) is 0 Å². The smallest absolute Gasteiger partial charge is 0.335 e. The second-order valence-electron chi connectivity index (χ2n) is 5.13. The van der Waals surface area contributed by atoms with Crippen molar-refractivity contribution >= 4 is 11.9 Å². The van der Waals surface area contributed by atoms with E-state index in [-0.39, 0.29) is 11.8 Å². The van der Waals surface area contributed by atoms with Crippen molar-refractivity contribution in [2.75, 3.05) is 0 Å². The highest BCUT2D eigenvalue weighted by Crippen LogP contribution is 2.19. The molecule has 4 nitrogen and oxygen atoms in total. The molecule has 0 saturated heterocycles. The lowest BCUT2D eigenvalue weighted by atomic mass is 9.91. The Kier molecular flexibility index (Phi) is 6.71. The van der Waals surface area contributed by atoms with Crippen LogP contribution in [0.4, 0.5) is 0 Å². The predicted molar refractivity (Wildman–Crippen MR) is 69.7 cm³/mol. The summed E-state index contributed by atoms with van der Waals surface area (Å²) in [6.45, 7) is 6.11. The van der Waals surface area contributed by atoms with Crippen LogP contribution in [0.3, 0.4) is 0 Å². The van der Waals surface area contributed by atoms with Crippen LogP contribution in [0.25, 0.3) is 0 Å². The van der Waals surface area contributed by atoms with Crippen LogP contribution < -0.4 is 0 Å². The Morgan fingerprint density at radius 3 is 1.78 bits per heavy atom. The van der Waals surface area contributed by atoms with Gasteiger partial charge in [-0.2, -0.15) is 0 Å². The molecular weight excluding hydrogens is 232 g/mol. The maximum Gasteiger partial charge on any atom is 0.335 e. The third-order valence-electron chi connectivity index (χ3n) is 2.11. The van der Waals surface area contributed by atoms with Crippen LogP contribution in [-0.4, -0.2) is 22.2 Å². The number of hydrogen-bond acceptors (Lipinski definition) is 2. The average Bonchev–Trinajstić information content (AvgIpc) is 2.27. The molecule has 0 radical (unpaired) electrons. The second-order valence-corrected chi connectivity index (χ2v) is 5.13. The van der Waals surface area contributed by atoms with Gasteiger partial charge in [-0.3, -0.25) is 4.79 Å². The van der Waals surface area contributed by atoms with Crippen molar-refractivity contribution in [2.45, 2.75) is 33.6 Å². The van der Waals surface area contributed by atoms with Gasteiger partial charge in [-0.1, -0.05) is 39.0 Å². The minimum atomic E-state index is -0.879. The summed E-state index contributed by atoms with van der Waals surface area (Å²) < 4.78 is 0. The molecule has 1 rings (SSSR count). The van der Waals surface area contributed by atoms with E-state index in [0.717, 1.165) is 6.42 Å². The minimum absolute atomic E-state index is 0.151. The second kappa shape index (κ2) is 7.48. The fraction of sp³-hybridized carbons (Fsp3) is 0.429. The number of benzene rings is 1. The van der Waals surface area contributed by atoms with Gasteiger partial charge < -0.3 is 10.2 Å². The Morgan fingerprint density at radius 2 is 1.56 bits per heavy atom. The Labute approximate surface area is 107 Å². The first-order valence-corrected chi connectivity index (χ1v) is 5.72. The van der Waals surface area contributed by atoms with Crippen molar-refractivity contribution < 1.29 is 19.8 Å². The monoisotopic (exact) mass is 252 g/mol. The van der Waals surface area contributed by atoms with Gasteiger partial charge in [-0.05, 0) is 24.0 Å². The van der Waals surface area contributed by atoms with Crippen molar-refractivity contribution in [3.8, 4) is 0 Å². The largest absolute Gasteiger partial charge is 0.481 e. The predicted octanol–water partition coefficient (Wildman–Crippen LogP) is 3.28. The lowest BCUT2D eigenvalue weighted by molar-refractivity contribution is -0.137. The number of rotatable bonds is 3. The molecule has 100 valence electrons. The van der Waals surface area contributed by atoms with Gasteiger partial charge in [-0.15, -0.1) is 0 Å². The number of carbonyl (C=O) groups is 2. The molecule has 1 aromatic rings. The zero-order valence-corrected chi connectivity index (χ0v) is 11.0. The molecule has 0 spiro atoms. The van der Waals surface area contributed by atoms with Crippen LogP contribution >= 0.6 is 0 Å². The number of aliphatic carboxylic acids is 1. The highest BCUT2D eigenvalue weighted by atomic mass is 16.4. The van der Waals surface area contributed by atoms with Gasteiger partial charge in [0, 0.05) is 6.42 Å². The molecule has 0 aromatic heterocycles. The van der Waals surface area contributed by atoms with Crippen LogP contribution in [0.1, 0.15) is 44.0 Å². The molecule has 0 atom stereocenters. The van der Waals surface area contributed by atoms with E-state index in [1.54, 1.807) is 30.3 Å². The van der Waals surface area contributed by atoms with Gasteiger partial charge in [0.1, 0.15) is 0 Å². The summed E-state index contributed by atoms with van der Waals surface area (Å²) in [5, 5.41) is 16.7. The highest BCUT2D eigenvalue weighted by molar-refractivity contribution is 5.87. The Bertz CT molecular complexity index is 377. The third-order valence-corrected chi connectivity index (χ3v) is 2.11. The van der Waals surface area contributed by atoms with Gasteiger partial charge in [0.05, 0.1) is 5.56 Å². The first-order valence-electron chi connectivity index (χ1n) is 5.72. The average molecular weight is 252 g/mol. The van der Waals surface area contributed by atoms with E-state index < -0.39 is 11.9 Å². The molecule has 4 heteroatoms. The molecule has 0 saturated carbocycles. The summed E-state index contributed by atoms with van der Waals surface area (Å²) in [4.78, 5) is 20.2. The molecule has 0 heterocycles. The zero-order valence-electron chi connectivity index (χ0n) is 11.0. The summed E-state index contributed by atoms with van der Waals surface area (Å²) in [5.41, 5.74) is 0.482. The molecule has 0 aliphatic heterocycles. The van der Waals surface area contributed by atoms with Gasteiger partial charge in [-0.25, -0.2) is 4.79 Å². The summed E-state index contributed by atoms with van der Waals surface area (Å²) in [6, 6.07) is 8.30. The summed E-state index contributed by atoms with van der Waals surface area (Å²) in [7, 11) is 0. The van der Waals surface area contributed by atoms with Gasteiger partial charge in [0.25, 0.3) is 0 Å². The van der Waals surface area contributed by atoms with Crippen molar-refractivity contribution in [3.63, 3.8) is 0 Å². The normalized spacial score (nSPS) is 10.2.